The van der Waals surface area contributed by atoms with Gasteiger partial charge in [-0.05, 0) is 31.6 Å². The first-order valence-corrected chi connectivity index (χ1v) is 6.00. The van der Waals surface area contributed by atoms with Crippen LogP contribution in [0.4, 0.5) is 0 Å². The standard InChI is InChI=1S/C13H16N2OS/c1-9-3-5-11(6-4-9)10(2)15-12(8-16)7-14-13(15)17/h3-7,10,16H,8H2,1-2H3,(H,14,17). The molecule has 17 heavy (non-hydrogen) atoms. The van der Waals surface area contributed by atoms with Crippen molar-refractivity contribution in [2.75, 3.05) is 0 Å². The lowest BCUT2D eigenvalue weighted by molar-refractivity contribution is 0.269. The Kier molecular flexibility index (Phi) is 3.45. The van der Waals surface area contributed by atoms with Gasteiger partial charge in [0, 0.05) is 6.20 Å². The summed E-state index contributed by atoms with van der Waals surface area (Å²) < 4.78 is 2.59. The van der Waals surface area contributed by atoms with Gasteiger partial charge in [0.05, 0.1) is 18.3 Å². The summed E-state index contributed by atoms with van der Waals surface area (Å²) in [6, 6.07) is 8.48. The van der Waals surface area contributed by atoms with Gasteiger partial charge >= 0.3 is 0 Å². The molecule has 0 bridgehead atoms. The monoisotopic (exact) mass is 248 g/mol. The summed E-state index contributed by atoms with van der Waals surface area (Å²) in [6.07, 6.45) is 1.76. The van der Waals surface area contributed by atoms with Gasteiger partial charge in [-0.25, -0.2) is 0 Å². The van der Waals surface area contributed by atoms with E-state index in [1.807, 2.05) is 4.57 Å². The molecule has 1 heterocycles. The maximum absolute atomic E-state index is 9.28. The predicted molar refractivity (Wildman–Crippen MR) is 70.5 cm³/mol. The number of rotatable bonds is 3. The van der Waals surface area contributed by atoms with Gasteiger partial charge in [-0.1, -0.05) is 29.8 Å². The highest BCUT2D eigenvalue weighted by Gasteiger charge is 2.12. The van der Waals surface area contributed by atoms with Crippen LogP contribution in [-0.2, 0) is 6.61 Å². The predicted octanol–water partition coefficient (Wildman–Crippen LogP) is 2.96. The third kappa shape index (κ3) is 2.33. The second-order valence-electron chi connectivity index (χ2n) is 4.20. The van der Waals surface area contributed by atoms with Crippen molar-refractivity contribution in [3.8, 4) is 0 Å². The van der Waals surface area contributed by atoms with E-state index in [0.717, 1.165) is 5.69 Å². The molecule has 1 unspecified atom stereocenters. The van der Waals surface area contributed by atoms with Crippen molar-refractivity contribution in [3.05, 3.63) is 52.1 Å². The third-order valence-corrected chi connectivity index (χ3v) is 3.31. The van der Waals surface area contributed by atoms with Gasteiger partial charge in [0.25, 0.3) is 0 Å². The molecular formula is C13H16N2OS. The van der Waals surface area contributed by atoms with Crippen LogP contribution in [0.25, 0.3) is 0 Å². The van der Waals surface area contributed by atoms with Gasteiger partial charge in [-0.2, -0.15) is 0 Å². The molecule has 1 aromatic carbocycles. The molecule has 4 heteroatoms. The van der Waals surface area contributed by atoms with Gasteiger partial charge < -0.3 is 14.7 Å². The zero-order valence-electron chi connectivity index (χ0n) is 9.97. The topological polar surface area (TPSA) is 41.0 Å². The molecule has 3 nitrogen and oxygen atoms in total. The second kappa shape index (κ2) is 4.85. The number of nitrogens with one attached hydrogen (secondary N) is 1. The highest BCUT2D eigenvalue weighted by Crippen LogP contribution is 2.20. The molecule has 0 aliphatic heterocycles. The average molecular weight is 248 g/mol. The summed E-state index contributed by atoms with van der Waals surface area (Å²) >= 11 is 5.24. The highest BCUT2D eigenvalue weighted by molar-refractivity contribution is 7.71. The zero-order chi connectivity index (χ0) is 12.4. The van der Waals surface area contributed by atoms with Crippen LogP contribution < -0.4 is 0 Å². The van der Waals surface area contributed by atoms with Crippen LogP contribution in [0, 0.1) is 11.7 Å². The Morgan fingerprint density at radius 3 is 2.59 bits per heavy atom. The average Bonchev–Trinajstić information content (AvgIpc) is 2.70. The Labute approximate surface area is 106 Å². The molecule has 0 fully saturated rings. The Morgan fingerprint density at radius 2 is 2.00 bits per heavy atom. The fraction of sp³-hybridized carbons (Fsp3) is 0.308. The van der Waals surface area contributed by atoms with E-state index in [2.05, 4.69) is 43.1 Å². The largest absolute Gasteiger partial charge is 0.390 e. The van der Waals surface area contributed by atoms with Crippen molar-refractivity contribution in [2.24, 2.45) is 0 Å². The fourth-order valence-corrected chi connectivity index (χ4v) is 2.29. The molecule has 0 aliphatic rings. The maximum Gasteiger partial charge on any atom is 0.177 e. The maximum atomic E-state index is 9.28. The summed E-state index contributed by atoms with van der Waals surface area (Å²) in [4.78, 5) is 2.97. The van der Waals surface area contributed by atoms with Gasteiger partial charge in [0.15, 0.2) is 4.77 Å². The summed E-state index contributed by atoms with van der Waals surface area (Å²) in [5.74, 6) is 0. The van der Waals surface area contributed by atoms with Gasteiger partial charge in [-0.15, -0.1) is 0 Å². The fourth-order valence-electron chi connectivity index (χ4n) is 1.96. The van der Waals surface area contributed by atoms with Gasteiger partial charge in [0.1, 0.15) is 0 Å². The van der Waals surface area contributed by atoms with E-state index in [-0.39, 0.29) is 12.6 Å². The van der Waals surface area contributed by atoms with Crippen molar-refractivity contribution < 1.29 is 5.11 Å². The number of hydrogen-bond donors (Lipinski definition) is 2. The van der Waals surface area contributed by atoms with Crippen LogP contribution in [0.2, 0.25) is 0 Å². The minimum atomic E-state index is -0.0106. The van der Waals surface area contributed by atoms with Crippen LogP contribution in [-0.4, -0.2) is 14.7 Å². The summed E-state index contributed by atoms with van der Waals surface area (Å²) in [5, 5.41) is 9.28. The first-order chi connectivity index (χ1) is 8.13. The minimum absolute atomic E-state index is 0.0106. The van der Waals surface area contributed by atoms with E-state index in [0.29, 0.717) is 4.77 Å². The van der Waals surface area contributed by atoms with Crippen LogP contribution in [0.1, 0.15) is 29.8 Å². The molecule has 0 spiro atoms. The number of aliphatic hydroxyl groups excluding tert-OH is 1. The van der Waals surface area contributed by atoms with E-state index < -0.39 is 0 Å². The summed E-state index contributed by atoms with van der Waals surface area (Å²) in [6.45, 7) is 4.13. The Hall–Kier alpha value is -1.39. The van der Waals surface area contributed by atoms with E-state index in [4.69, 9.17) is 12.2 Å². The smallest absolute Gasteiger partial charge is 0.177 e. The van der Waals surface area contributed by atoms with E-state index >= 15 is 0 Å². The van der Waals surface area contributed by atoms with Crippen LogP contribution >= 0.6 is 12.2 Å². The Morgan fingerprint density at radius 1 is 1.35 bits per heavy atom. The second-order valence-corrected chi connectivity index (χ2v) is 4.59. The molecular weight excluding hydrogens is 232 g/mol. The highest BCUT2D eigenvalue weighted by atomic mass is 32.1. The van der Waals surface area contributed by atoms with E-state index in [1.165, 1.54) is 11.1 Å². The van der Waals surface area contributed by atoms with E-state index in [9.17, 15) is 5.11 Å². The number of aliphatic hydroxyl groups is 1. The SMILES string of the molecule is Cc1ccc(C(C)n2c(CO)c[nH]c2=S)cc1. The molecule has 2 rings (SSSR count). The molecule has 0 radical (unpaired) electrons. The Balaban J connectivity index is 2.43. The molecule has 0 amide bonds. The molecule has 0 saturated carbocycles. The number of imidazole rings is 1. The summed E-state index contributed by atoms with van der Waals surface area (Å²) in [5.41, 5.74) is 3.23. The first kappa shape index (κ1) is 12.1. The number of benzene rings is 1. The molecule has 0 aliphatic carbocycles. The first-order valence-electron chi connectivity index (χ1n) is 5.59. The van der Waals surface area contributed by atoms with Crippen LogP contribution in [0.5, 0.6) is 0 Å². The normalized spacial score (nSPS) is 12.6. The number of H-pyrrole nitrogens is 1. The quantitative estimate of drug-likeness (QED) is 0.820. The lowest BCUT2D eigenvalue weighted by Gasteiger charge is -2.16. The molecule has 2 N–H and O–H groups in total. The molecule has 2 aromatic rings. The Bertz CT molecular complexity index is 554. The number of nitrogens with zero attached hydrogens (tertiary/aromatic N) is 1. The van der Waals surface area contributed by atoms with E-state index in [1.54, 1.807) is 6.20 Å². The van der Waals surface area contributed by atoms with Crippen molar-refractivity contribution in [1.82, 2.24) is 9.55 Å². The van der Waals surface area contributed by atoms with Crippen molar-refractivity contribution in [2.45, 2.75) is 26.5 Å². The van der Waals surface area contributed by atoms with Crippen LogP contribution in [0.3, 0.4) is 0 Å². The molecule has 1 atom stereocenters. The lowest BCUT2D eigenvalue weighted by atomic mass is 10.1. The van der Waals surface area contributed by atoms with Crippen LogP contribution in [0.15, 0.2) is 30.5 Å². The minimum Gasteiger partial charge on any atom is -0.390 e. The van der Waals surface area contributed by atoms with Gasteiger partial charge in [0.2, 0.25) is 0 Å². The third-order valence-electron chi connectivity index (χ3n) is 3.00. The number of aryl methyl sites for hydroxylation is 1. The number of hydrogen-bond acceptors (Lipinski definition) is 2. The molecule has 1 aromatic heterocycles. The molecule has 90 valence electrons. The molecule has 0 saturated heterocycles. The lowest BCUT2D eigenvalue weighted by Crippen LogP contribution is -2.10. The van der Waals surface area contributed by atoms with Crippen molar-refractivity contribution >= 4 is 12.2 Å². The summed E-state index contributed by atoms with van der Waals surface area (Å²) in [7, 11) is 0. The zero-order valence-corrected chi connectivity index (χ0v) is 10.8. The van der Waals surface area contributed by atoms with Gasteiger partial charge in [-0.3, -0.25) is 0 Å². The number of aromatic amines is 1. The van der Waals surface area contributed by atoms with Crippen molar-refractivity contribution in [3.63, 3.8) is 0 Å². The number of aromatic nitrogens is 2. The van der Waals surface area contributed by atoms with Crippen molar-refractivity contribution in [1.29, 1.82) is 0 Å².